The molecule has 0 aromatic heterocycles. The largest absolute Gasteiger partial charge is 0.481 e. The Hall–Kier alpha value is -1.26. The van der Waals surface area contributed by atoms with Crippen LogP contribution in [0.2, 0.25) is 10.0 Å². The first kappa shape index (κ1) is 13.2. The molecule has 0 aliphatic carbocycles. The van der Waals surface area contributed by atoms with Gasteiger partial charge in [0.05, 0.1) is 16.5 Å². The number of likely N-dealkylation sites (tertiary alicyclic amines) is 1. The number of carboxylic acid groups (broad SMARTS) is 1. The van der Waals surface area contributed by atoms with Crippen molar-refractivity contribution in [3.8, 4) is 0 Å². The zero-order chi connectivity index (χ0) is 13.3. The Morgan fingerprint density at radius 3 is 2.50 bits per heavy atom. The first-order valence-corrected chi connectivity index (χ1v) is 6.19. The van der Waals surface area contributed by atoms with Gasteiger partial charge in [0.25, 0.3) is 5.91 Å². The summed E-state index contributed by atoms with van der Waals surface area (Å²) in [5.41, 5.74) is 0.471. The van der Waals surface area contributed by atoms with Gasteiger partial charge in [0.15, 0.2) is 0 Å². The molecule has 0 saturated carbocycles. The zero-order valence-corrected chi connectivity index (χ0v) is 10.9. The molecule has 1 aliphatic rings. The van der Waals surface area contributed by atoms with E-state index in [1.807, 2.05) is 0 Å². The van der Waals surface area contributed by atoms with Crippen molar-refractivity contribution in [3.63, 3.8) is 0 Å². The number of carbonyl (C=O) groups is 2. The van der Waals surface area contributed by atoms with Crippen LogP contribution in [0.4, 0.5) is 0 Å². The average Bonchev–Trinajstić information content (AvgIpc) is 2.25. The maximum atomic E-state index is 12.0. The summed E-state index contributed by atoms with van der Waals surface area (Å²) in [7, 11) is 0. The highest BCUT2D eigenvalue weighted by Crippen LogP contribution is 2.26. The van der Waals surface area contributed by atoms with E-state index in [1.165, 1.54) is 6.07 Å². The molecule has 1 aromatic rings. The lowest BCUT2D eigenvalue weighted by molar-refractivity contribution is -0.139. The highest BCUT2D eigenvalue weighted by atomic mass is 35.5. The van der Waals surface area contributed by atoms with Gasteiger partial charge in [-0.1, -0.05) is 23.2 Å². The first-order chi connectivity index (χ1) is 8.47. The fourth-order valence-electron chi connectivity index (χ4n) is 1.92. The second-order valence-electron chi connectivity index (χ2n) is 4.30. The minimum Gasteiger partial charge on any atom is -0.481 e. The van der Waals surface area contributed by atoms with Crippen molar-refractivity contribution in [2.45, 2.75) is 6.42 Å². The minimum atomic E-state index is -0.832. The van der Waals surface area contributed by atoms with Crippen molar-refractivity contribution in [2.75, 3.05) is 13.1 Å². The van der Waals surface area contributed by atoms with Crippen LogP contribution < -0.4 is 0 Å². The van der Waals surface area contributed by atoms with Gasteiger partial charge in [-0.15, -0.1) is 0 Å². The number of nitrogens with zero attached hydrogens (tertiary/aromatic N) is 1. The highest BCUT2D eigenvalue weighted by Gasteiger charge is 2.32. The van der Waals surface area contributed by atoms with Crippen molar-refractivity contribution < 1.29 is 14.7 Å². The van der Waals surface area contributed by atoms with E-state index < -0.39 is 5.97 Å². The number of aliphatic carboxylic acids is 1. The predicted octanol–water partition coefficient (Wildman–Crippen LogP) is 2.54. The van der Waals surface area contributed by atoms with Gasteiger partial charge in [-0.25, -0.2) is 0 Å². The molecule has 2 rings (SSSR count). The summed E-state index contributed by atoms with van der Waals surface area (Å²) in [6.45, 7) is 0.955. The lowest BCUT2D eigenvalue weighted by Gasteiger charge is -2.38. The fraction of sp³-hybridized carbons (Fsp3) is 0.333. The molecule has 1 fully saturated rings. The summed E-state index contributed by atoms with van der Waals surface area (Å²) in [6, 6.07) is 4.71. The molecule has 1 amide bonds. The normalized spacial score (nSPS) is 15.3. The Balaban J connectivity index is 1.97. The molecule has 0 spiro atoms. The summed E-state index contributed by atoms with van der Waals surface area (Å²) in [6.07, 6.45) is 0.102. The average molecular weight is 288 g/mol. The Labute approximate surface area is 114 Å². The molecule has 1 saturated heterocycles. The van der Waals surface area contributed by atoms with Crippen LogP contribution in [0.1, 0.15) is 16.8 Å². The lowest BCUT2D eigenvalue weighted by atomic mass is 9.95. The monoisotopic (exact) mass is 287 g/mol. The molecule has 0 unspecified atom stereocenters. The van der Waals surface area contributed by atoms with E-state index in [9.17, 15) is 9.59 Å². The van der Waals surface area contributed by atoms with Gasteiger partial charge >= 0.3 is 5.97 Å². The van der Waals surface area contributed by atoms with Crippen LogP contribution in [0.3, 0.4) is 0 Å². The van der Waals surface area contributed by atoms with Crippen LogP contribution in [0.5, 0.6) is 0 Å². The minimum absolute atomic E-state index is 0.0502. The molecule has 6 heteroatoms. The Morgan fingerprint density at radius 2 is 1.94 bits per heavy atom. The van der Waals surface area contributed by atoms with Crippen molar-refractivity contribution in [1.82, 2.24) is 4.90 Å². The standard InChI is InChI=1S/C12H11Cl2NO3/c13-9-2-1-8(4-10(9)14)12(18)15-5-7(6-15)3-11(16)17/h1-2,4,7H,3,5-6H2,(H,16,17). The summed E-state index contributed by atoms with van der Waals surface area (Å²) in [4.78, 5) is 24.1. The van der Waals surface area contributed by atoms with E-state index in [1.54, 1.807) is 17.0 Å². The molecular formula is C12H11Cl2NO3. The van der Waals surface area contributed by atoms with Gasteiger partial charge in [0, 0.05) is 24.6 Å². The van der Waals surface area contributed by atoms with Crippen LogP contribution in [-0.2, 0) is 4.79 Å². The molecule has 0 radical (unpaired) electrons. The highest BCUT2D eigenvalue weighted by molar-refractivity contribution is 6.42. The maximum absolute atomic E-state index is 12.0. The molecule has 0 atom stereocenters. The molecule has 1 aromatic carbocycles. The van der Waals surface area contributed by atoms with E-state index in [0.29, 0.717) is 28.7 Å². The topological polar surface area (TPSA) is 57.6 Å². The number of hydrogen-bond donors (Lipinski definition) is 1. The van der Waals surface area contributed by atoms with Crippen LogP contribution in [0.15, 0.2) is 18.2 Å². The fourth-order valence-corrected chi connectivity index (χ4v) is 2.22. The second-order valence-corrected chi connectivity index (χ2v) is 5.12. The molecule has 1 N–H and O–H groups in total. The van der Waals surface area contributed by atoms with Crippen LogP contribution in [-0.4, -0.2) is 35.0 Å². The third-order valence-electron chi connectivity index (χ3n) is 2.87. The van der Waals surface area contributed by atoms with Gasteiger partial charge in [0.1, 0.15) is 0 Å². The molecular weight excluding hydrogens is 277 g/mol. The number of carbonyl (C=O) groups excluding carboxylic acids is 1. The third-order valence-corrected chi connectivity index (χ3v) is 3.61. The summed E-state index contributed by atoms with van der Waals surface area (Å²) >= 11 is 11.6. The van der Waals surface area contributed by atoms with E-state index in [0.717, 1.165) is 0 Å². The van der Waals surface area contributed by atoms with E-state index in [2.05, 4.69) is 0 Å². The summed E-state index contributed by atoms with van der Waals surface area (Å²) < 4.78 is 0. The number of amides is 1. The lowest BCUT2D eigenvalue weighted by Crippen LogP contribution is -2.50. The van der Waals surface area contributed by atoms with Gasteiger partial charge in [-0.05, 0) is 18.2 Å². The van der Waals surface area contributed by atoms with Gasteiger partial charge in [-0.2, -0.15) is 0 Å². The van der Waals surface area contributed by atoms with Crippen molar-refractivity contribution in [3.05, 3.63) is 33.8 Å². The summed E-state index contributed by atoms with van der Waals surface area (Å²) in [5, 5.41) is 9.36. The Bertz CT molecular complexity index is 498. The SMILES string of the molecule is O=C(O)CC1CN(C(=O)c2ccc(Cl)c(Cl)c2)C1. The van der Waals surface area contributed by atoms with Crippen molar-refractivity contribution >= 4 is 35.1 Å². The van der Waals surface area contributed by atoms with Gasteiger partial charge < -0.3 is 10.0 Å². The maximum Gasteiger partial charge on any atom is 0.303 e. The number of hydrogen-bond acceptors (Lipinski definition) is 2. The molecule has 1 heterocycles. The zero-order valence-electron chi connectivity index (χ0n) is 9.40. The number of benzene rings is 1. The number of carboxylic acids is 1. The van der Waals surface area contributed by atoms with Crippen LogP contribution >= 0.6 is 23.2 Å². The molecule has 1 aliphatic heterocycles. The Morgan fingerprint density at radius 1 is 1.28 bits per heavy atom. The first-order valence-electron chi connectivity index (χ1n) is 5.43. The molecule has 18 heavy (non-hydrogen) atoms. The quantitative estimate of drug-likeness (QED) is 0.929. The smallest absolute Gasteiger partial charge is 0.303 e. The van der Waals surface area contributed by atoms with Crippen molar-refractivity contribution in [2.24, 2.45) is 5.92 Å². The van der Waals surface area contributed by atoms with E-state index >= 15 is 0 Å². The van der Waals surface area contributed by atoms with Crippen molar-refractivity contribution in [1.29, 1.82) is 0 Å². The predicted molar refractivity (Wildman–Crippen MR) is 68.1 cm³/mol. The molecule has 4 nitrogen and oxygen atoms in total. The third kappa shape index (κ3) is 2.76. The summed E-state index contributed by atoms with van der Waals surface area (Å²) in [5.74, 6) is -0.925. The molecule has 96 valence electrons. The number of halogens is 2. The van der Waals surface area contributed by atoms with E-state index in [-0.39, 0.29) is 18.2 Å². The van der Waals surface area contributed by atoms with Crippen LogP contribution in [0, 0.1) is 5.92 Å². The second kappa shape index (κ2) is 5.16. The van der Waals surface area contributed by atoms with Gasteiger partial charge in [-0.3, -0.25) is 9.59 Å². The number of rotatable bonds is 3. The van der Waals surface area contributed by atoms with E-state index in [4.69, 9.17) is 28.3 Å². The Kier molecular flexibility index (Phi) is 3.78. The molecule has 0 bridgehead atoms. The van der Waals surface area contributed by atoms with Gasteiger partial charge in [0.2, 0.25) is 0 Å². The van der Waals surface area contributed by atoms with Crippen LogP contribution in [0.25, 0.3) is 0 Å².